The van der Waals surface area contributed by atoms with Crippen LogP contribution in [0.5, 0.6) is 0 Å². The average molecular weight is 225 g/mol. The molecule has 15 heavy (non-hydrogen) atoms. The molecule has 0 spiro atoms. The van der Waals surface area contributed by atoms with Crippen molar-refractivity contribution in [3.8, 4) is 0 Å². The number of hydrogen-bond donors (Lipinski definition) is 2. The summed E-state index contributed by atoms with van der Waals surface area (Å²) in [5, 5.41) is 8.85. The first-order chi connectivity index (χ1) is 7.09. The van der Waals surface area contributed by atoms with E-state index in [9.17, 15) is 4.79 Å². The number of nitrogens with two attached hydrogens (primary N) is 1. The molecule has 3 N–H and O–H groups in total. The van der Waals surface area contributed by atoms with Crippen molar-refractivity contribution in [3.05, 3.63) is 17.1 Å². The van der Waals surface area contributed by atoms with E-state index >= 15 is 0 Å². The van der Waals surface area contributed by atoms with Gasteiger partial charge in [0.25, 0.3) is 0 Å². The molecule has 1 aliphatic heterocycles. The quantitative estimate of drug-likeness (QED) is 0.780. The van der Waals surface area contributed by atoms with Gasteiger partial charge in [-0.15, -0.1) is 0 Å². The standard InChI is InChI=1S/C9H11N3O2S/c1-4(9(13)14)8-11-6-3-15-2-5(6)7(10)12-8/h4H,2-3H2,1H3,(H,13,14)(H2,10,11,12). The van der Waals surface area contributed by atoms with Gasteiger partial charge in [0.2, 0.25) is 0 Å². The van der Waals surface area contributed by atoms with Gasteiger partial charge in [0, 0.05) is 17.1 Å². The molecule has 1 aromatic heterocycles. The summed E-state index contributed by atoms with van der Waals surface area (Å²) < 4.78 is 0. The van der Waals surface area contributed by atoms with Crippen LogP contribution in [0.4, 0.5) is 5.82 Å². The molecule has 2 rings (SSSR count). The molecule has 0 amide bonds. The molecule has 0 fully saturated rings. The number of nitrogen functional groups attached to an aromatic ring is 1. The maximum Gasteiger partial charge on any atom is 0.313 e. The molecule has 1 aromatic rings. The van der Waals surface area contributed by atoms with Crippen LogP contribution in [0, 0.1) is 0 Å². The molecular formula is C9H11N3O2S. The summed E-state index contributed by atoms with van der Waals surface area (Å²) in [6.45, 7) is 1.56. The Labute approximate surface area is 91.1 Å². The fourth-order valence-electron chi connectivity index (χ4n) is 1.40. The van der Waals surface area contributed by atoms with Gasteiger partial charge < -0.3 is 10.8 Å². The van der Waals surface area contributed by atoms with E-state index in [1.54, 1.807) is 18.7 Å². The highest BCUT2D eigenvalue weighted by atomic mass is 32.2. The maximum atomic E-state index is 10.8. The highest BCUT2D eigenvalue weighted by Gasteiger charge is 2.23. The number of rotatable bonds is 2. The normalized spacial score (nSPS) is 16.1. The minimum Gasteiger partial charge on any atom is -0.481 e. The van der Waals surface area contributed by atoms with Crippen molar-refractivity contribution < 1.29 is 9.90 Å². The number of fused-ring (bicyclic) bond motifs is 1. The van der Waals surface area contributed by atoms with Crippen LogP contribution in [0.25, 0.3) is 0 Å². The van der Waals surface area contributed by atoms with Gasteiger partial charge in [0.05, 0.1) is 5.69 Å². The topological polar surface area (TPSA) is 89.1 Å². The molecule has 0 saturated heterocycles. The first-order valence-corrected chi connectivity index (χ1v) is 5.70. The molecule has 6 heteroatoms. The highest BCUT2D eigenvalue weighted by molar-refractivity contribution is 7.98. The average Bonchev–Trinajstić information content (AvgIpc) is 2.64. The summed E-state index contributed by atoms with van der Waals surface area (Å²) in [5.41, 5.74) is 7.60. The van der Waals surface area contributed by atoms with Crippen LogP contribution in [0.1, 0.15) is 29.9 Å². The fraction of sp³-hybridized carbons (Fsp3) is 0.444. The van der Waals surface area contributed by atoms with Gasteiger partial charge in [0.1, 0.15) is 17.6 Å². The third kappa shape index (κ3) is 1.77. The Bertz CT molecular complexity index is 422. The van der Waals surface area contributed by atoms with Crippen LogP contribution < -0.4 is 5.73 Å². The molecule has 0 aromatic carbocycles. The molecule has 5 nitrogen and oxygen atoms in total. The number of carboxylic acids is 1. The third-order valence-electron chi connectivity index (χ3n) is 2.38. The van der Waals surface area contributed by atoms with E-state index in [4.69, 9.17) is 10.8 Å². The molecule has 1 unspecified atom stereocenters. The van der Waals surface area contributed by atoms with Gasteiger partial charge in [-0.2, -0.15) is 11.8 Å². The van der Waals surface area contributed by atoms with Crippen molar-refractivity contribution in [3.63, 3.8) is 0 Å². The number of aromatic nitrogens is 2. The first kappa shape index (κ1) is 10.2. The van der Waals surface area contributed by atoms with E-state index in [-0.39, 0.29) is 0 Å². The zero-order valence-electron chi connectivity index (χ0n) is 8.23. The summed E-state index contributed by atoms with van der Waals surface area (Å²) in [6.07, 6.45) is 0. The third-order valence-corrected chi connectivity index (χ3v) is 3.36. The van der Waals surface area contributed by atoms with Crippen LogP contribution >= 0.6 is 11.8 Å². The number of aliphatic carboxylic acids is 1. The second kappa shape index (κ2) is 3.69. The lowest BCUT2D eigenvalue weighted by atomic mass is 10.1. The molecule has 0 aliphatic carbocycles. The monoisotopic (exact) mass is 225 g/mol. The fourth-order valence-corrected chi connectivity index (χ4v) is 2.45. The Balaban J connectivity index is 2.43. The summed E-state index contributed by atoms with van der Waals surface area (Å²) in [7, 11) is 0. The Morgan fingerprint density at radius 2 is 2.27 bits per heavy atom. The van der Waals surface area contributed by atoms with E-state index in [0.29, 0.717) is 11.6 Å². The van der Waals surface area contributed by atoms with Crippen LogP contribution in [0.3, 0.4) is 0 Å². The SMILES string of the molecule is CC(C(=O)O)c1nc(N)c2c(n1)CSC2. The minimum absolute atomic E-state index is 0.307. The summed E-state index contributed by atoms with van der Waals surface area (Å²) in [5.74, 6) is 0.710. The van der Waals surface area contributed by atoms with Gasteiger partial charge >= 0.3 is 5.97 Å². The predicted molar refractivity (Wildman–Crippen MR) is 57.5 cm³/mol. The number of carbonyl (C=O) groups is 1. The molecule has 2 heterocycles. The Hall–Kier alpha value is -1.30. The van der Waals surface area contributed by atoms with Gasteiger partial charge in [-0.1, -0.05) is 0 Å². The zero-order chi connectivity index (χ0) is 11.0. The smallest absolute Gasteiger partial charge is 0.313 e. The van der Waals surface area contributed by atoms with Crippen molar-refractivity contribution in [1.82, 2.24) is 9.97 Å². The maximum absolute atomic E-state index is 10.8. The van der Waals surface area contributed by atoms with Crippen LogP contribution in [0.2, 0.25) is 0 Å². The van der Waals surface area contributed by atoms with Crippen molar-refractivity contribution in [1.29, 1.82) is 0 Å². The highest BCUT2D eigenvalue weighted by Crippen LogP contribution is 2.32. The first-order valence-electron chi connectivity index (χ1n) is 4.55. The lowest BCUT2D eigenvalue weighted by Crippen LogP contribution is -2.14. The largest absolute Gasteiger partial charge is 0.481 e. The number of carboxylic acid groups (broad SMARTS) is 1. The number of hydrogen-bond acceptors (Lipinski definition) is 5. The number of nitrogens with zero attached hydrogens (tertiary/aromatic N) is 2. The second-order valence-corrected chi connectivity index (χ2v) is 4.43. The summed E-state index contributed by atoms with van der Waals surface area (Å²) in [4.78, 5) is 19.1. The molecule has 80 valence electrons. The molecule has 0 radical (unpaired) electrons. The molecule has 1 aliphatic rings. The Morgan fingerprint density at radius 1 is 1.53 bits per heavy atom. The van der Waals surface area contributed by atoms with Gasteiger partial charge in [-0.3, -0.25) is 4.79 Å². The van der Waals surface area contributed by atoms with Crippen LogP contribution in [-0.4, -0.2) is 21.0 Å². The van der Waals surface area contributed by atoms with Crippen molar-refractivity contribution in [2.45, 2.75) is 24.3 Å². The van der Waals surface area contributed by atoms with Gasteiger partial charge in [0.15, 0.2) is 0 Å². The van der Waals surface area contributed by atoms with E-state index in [2.05, 4.69) is 9.97 Å². The van der Waals surface area contributed by atoms with Crippen LogP contribution in [0.15, 0.2) is 0 Å². The van der Waals surface area contributed by atoms with Crippen molar-refractivity contribution >= 4 is 23.5 Å². The number of thioether (sulfide) groups is 1. The second-order valence-electron chi connectivity index (χ2n) is 3.45. The van der Waals surface area contributed by atoms with E-state index in [0.717, 1.165) is 22.8 Å². The molecule has 0 bridgehead atoms. The van der Waals surface area contributed by atoms with E-state index in [1.807, 2.05) is 0 Å². The molecular weight excluding hydrogens is 214 g/mol. The van der Waals surface area contributed by atoms with Crippen molar-refractivity contribution in [2.75, 3.05) is 5.73 Å². The van der Waals surface area contributed by atoms with Gasteiger partial charge in [-0.05, 0) is 6.92 Å². The Kier molecular flexibility index (Phi) is 2.52. The van der Waals surface area contributed by atoms with Gasteiger partial charge in [-0.25, -0.2) is 9.97 Å². The molecule has 1 atom stereocenters. The molecule has 0 saturated carbocycles. The number of anilines is 1. The lowest BCUT2D eigenvalue weighted by Gasteiger charge is -2.08. The van der Waals surface area contributed by atoms with E-state index in [1.165, 1.54) is 0 Å². The minimum atomic E-state index is -0.931. The predicted octanol–water partition coefficient (Wildman–Crippen LogP) is 0.994. The van der Waals surface area contributed by atoms with E-state index < -0.39 is 11.9 Å². The van der Waals surface area contributed by atoms with Crippen molar-refractivity contribution in [2.24, 2.45) is 0 Å². The Morgan fingerprint density at radius 3 is 2.93 bits per heavy atom. The summed E-state index contributed by atoms with van der Waals surface area (Å²) >= 11 is 1.72. The zero-order valence-corrected chi connectivity index (χ0v) is 9.04. The summed E-state index contributed by atoms with van der Waals surface area (Å²) in [6, 6.07) is 0. The van der Waals surface area contributed by atoms with Crippen LogP contribution in [-0.2, 0) is 16.3 Å². The lowest BCUT2D eigenvalue weighted by molar-refractivity contribution is -0.138.